The van der Waals surface area contributed by atoms with E-state index >= 15 is 0 Å². The molecule has 5 N–H and O–H groups in total. The fourth-order valence-corrected chi connectivity index (χ4v) is 5.19. The minimum Gasteiger partial charge on any atom is -0.464 e. The molecule has 4 rings (SSSR count). The van der Waals surface area contributed by atoms with Gasteiger partial charge in [0.05, 0.1) is 29.6 Å². The number of amidine groups is 1. The second-order valence-electron chi connectivity index (χ2n) is 10.6. The molecule has 0 radical (unpaired) electrons. The van der Waals surface area contributed by atoms with E-state index in [0.29, 0.717) is 25.2 Å². The number of hydrogen-bond donors (Lipinski definition) is 4. The smallest absolute Gasteiger partial charge is 0.330 e. The summed E-state index contributed by atoms with van der Waals surface area (Å²) in [5, 5.41) is 13.9. The second kappa shape index (κ2) is 13.8. The molecular formula is C30H40ClN7O4. The van der Waals surface area contributed by atoms with Gasteiger partial charge in [0.25, 0.3) is 0 Å². The molecule has 1 fully saturated rings. The number of fused-ring (bicyclic) bond motifs is 1. The average Bonchev–Trinajstić information content (AvgIpc) is 3.59. The van der Waals surface area contributed by atoms with Crippen molar-refractivity contribution in [1.82, 2.24) is 19.8 Å². The van der Waals surface area contributed by atoms with E-state index in [4.69, 9.17) is 20.9 Å². The lowest BCUT2D eigenvalue weighted by molar-refractivity contribution is -0.149. The number of carbonyl (C=O) groups excluding carboxylic acids is 3. The number of imidazole rings is 1. The highest BCUT2D eigenvalue weighted by molar-refractivity contribution is 6.02. The van der Waals surface area contributed by atoms with Crippen LogP contribution in [0.5, 0.6) is 0 Å². The number of nitrogen functional groups attached to an aromatic ring is 1. The Balaban J connectivity index is 0.00000484. The normalized spacial score (nSPS) is 15.0. The number of ether oxygens (including phenoxy) is 1. The molecule has 3 aromatic rings. The van der Waals surface area contributed by atoms with Gasteiger partial charge in [0.2, 0.25) is 5.91 Å². The Bertz CT molecular complexity index is 1450. The number of hydrogen-bond acceptors (Lipinski definition) is 8. The first-order valence-electron chi connectivity index (χ1n) is 13.9. The standard InChI is InChI=1S/C30H39N7O4.ClH/c1-5-41-28(39)26(19(2)38)34-18-30(3,29(40)37-14-6-7-15-37)21-10-13-24-23(16-21)35-25(36(24)4)17-33-22-11-8-20(9-12-22)27(31)32;/h8-13,16,26,33-34H,5-7,14-15,17-18H2,1-4H3,(H3,31,32);1H. The fourth-order valence-electron chi connectivity index (χ4n) is 5.19. The molecule has 2 heterocycles. The number of ketones is 1. The number of aromatic nitrogens is 2. The van der Waals surface area contributed by atoms with E-state index < -0.39 is 17.4 Å². The quantitative estimate of drug-likeness (QED) is 0.107. The second-order valence-corrected chi connectivity index (χ2v) is 10.6. The van der Waals surface area contributed by atoms with E-state index in [0.717, 1.165) is 41.0 Å². The van der Waals surface area contributed by atoms with Gasteiger partial charge in [-0.1, -0.05) is 6.07 Å². The van der Waals surface area contributed by atoms with Crippen molar-refractivity contribution in [2.75, 3.05) is 31.6 Å². The molecule has 1 aromatic heterocycles. The number of esters is 1. The lowest BCUT2D eigenvalue weighted by atomic mass is 9.80. The molecule has 1 saturated heterocycles. The van der Waals surface area contributed by atoms with Crippen molar-refractivity contribution < 1.29 is 19.1 Å². The Morgan fingerprint density at radius 1 is 1.14 bits per heavy atom. The first-order chi connectivity index (χ1) is 19.5. The van der Waals surface area contributed by atoms with Crippen LogP contribution in [0, 0.1) is 5.41 Å². The van der Waals surface area contributed by atoms with Crippen molar-refractivity contribution >= 4 is 52.6 Å². The third-order valence-corrected chi connectivity index (χ3v) is 7.71. The molecule has 1 aliphatic heterocycles. The summed E-state index contributed by atoms with van der Waals surface area (Å²) in [6.45, 7) is 6.92. The van der Waals surface area contributed by atoms with Gasteiger partial charge in [0.15, 0.2) is 11.8 Å². The number of nitrogens with one attached hydrogen (secondary N) is 3. The number of nitrogens with two attached hydrogens (primary N) is 1. The average molecular weight is 598 g/mol. The van der Waals surface area contributed by atoms with Crippen molar-refractivity contribution in [3.05, 3.63) is 59.4 Å². The Morgan fingerprint density at radius 2 is 1.81 bits per heavy atom. The largest absolute Gasteiger partial charge is 0.464 e. The number of carbonyl (C=O) groups is 3. The molecule has 42 heavy (non-hydrogen) atoms. The van der Waals surface area contributed by atoms with Gasteiger partial charge in [-0.2, -0.15) is 0 Å². The number of likely N-dealkylation sites (tertiary alicyclic amines) is 1. The Hall–Kier alpha value is -3.96. The van der Waals surface area contributed by atoms with Gasteiger partial charge >= 0.3 is 5.97 Å². The van der Waals surface area contributed by atoms with Gasteiger partial charge < -0.3 is 25.3 Å². The van der Waals surface area contributed by atoms with Crippen LogP contribution in [-0.4, -0.2) is 70.2 Å². The molecule has 2 unspecified atom stereocenters. The molecule has 0 aliphatic carbocycles. The van der Waals surface area contributed by atoms with Crippen molar-refractivity contribution in [2.45, 2.75) is 51.6 Å². The van der Waals surface area contributed by atoms with Gasteiger partial charge in [-0.3, -0.25) is 20.3 Å². The lowest BCUT2D eigenvalue weighted by Crippen LogP contribution is -2.54. The van der Waals surface area contributed by atoms with Crippen LogP contribution in [0.1, 0.15) is 50.6 Å². The number of rotatable bonds is 12. The molecule has 11 nitrogen and oxygen atoms in total. The summed E-state index contributed by atoms with van der Waals surface area (Å²) >= 11 is 0. The lowest BCUT2D eigenvalue weighted by Gasteiger charge is -2.34. The summed E-state index contributed by atoms with van der Waals surface area (Å²) in [7, 11) is 1.94. The molecule has 0 saturated carbocycles. The zero-order chi connectivity index (χ0) is 29.7. The molecule has 1 amide bonds. The van der Waals surface area contributed by atoms with Crippen molar-refractivity contribution in [1.29, 1.82) is 5.41 Å². The number of benzene rings is 2. The zero-order valence-corrected chi connectivity index (χ0v) is 25.3. The summed E-state index contributed by atoms with van der Waals surface area (Å²) in [5.41, 5.74) is 8.43. The summed E-state index contributed by atoms with van der Waals surface area (Å²) in [6, 6.07) is 11.9. The summed E-state index contributed by atoms with van der Waals surface area (Å²) in [6.07, 6.45) is 1.89. The highest BCUT2D eigenvalue weighted by Gasteiger charge is 2.41. The Morgan fingerprint density at radius 3 is 2.40 bits per heavy atom. The highest BCUT2D eigenvalue weighted by Crippen LogP contribution is 2.31. The van der Waals surface area contributed by atoms with Crippen LogP contribution in [0.2, 0.25) is 0 Å². The predicted octanol–water partition coefficient (Wildman–Crippen LogP) is 2.88. The van der Waals surface area contributed by atoms with E-state index in [-0.39, 0.29) is 43.1 Å². The number of nitrogens with zero attached hydrogens (tertiary/aromatic N) is 3. The Kier molecular flexibility index (Phi) is 10.7. The molecule has 1 aliphatic rings. The topological polar surface area (TPSA) is 155 Å². The highest BCUT2D eigenvalue weighted by atomic mass is 35.5. The molecular weight excluding hydrogens is 558 g/mol. The van der Waals surface area contributed by atoms with Crippen LogP contribution in [0.25, 0.3) is 11.0 Å². The fraction of sp³-hybridized carbons (Fsp3) is 0.433. The maximum atomic E-state index is 13.9. The van der Waals surface area contributed by atoms with Crippen LogP contribution in [-0.2, 0) is 38.1 Å². The maximum Gasteiger partial charge on any atom is 0.330 e. The van der Waals surface area contributed by atoms with Gasteiger partial charge in [-0.25, -0.2) is 9.78 Å². The number of anilines is 1. The zero-order valence-electron chi connectivity index (χ0n) is 24.5. The van der Waals surface area contributed by atoms with E-state index in [1.165, 1.54) is 6.92 Å². The van der Waals surface area contributed by atoms with Gasteiger partial charge in [0, 0.05) is 37.9 Å². The van der Waals surface area contributed by atoms with Crippen LogP contribution >= 0.6 is 12.4 Å². The van der Waals surface area contributed by atoms with Gasteiger partial charge in [-0.05, 0) is 75.6 Å². The first-order valence-corrected chi connectivity index (χ1v) is 13.9. The molecule has 0 bridgehead atoms. The third-order valence-electron chi connectivity index (χ3n) is 7.71. The monoisotopic (exact) mass is 597 g/mol. The predicted molar refractivity (Wildman–Crippen MR) is 165 cm³/mol. The summed E-state index contributed by atoms with van der Waals surface area (Å²) in [5.74, 6) is -0.250. The van der Waals surface area contributed by atoms with E-state index in [9.17, 15) is 14.4 Å². The van der Waals surface area contributed by atoms with Gasteiger partial charge in [0.1, 0.15) is 11.7 Å². The van der Waals surface area contributed by atoms with Crippen LogP contribution in [0.3, 0.4) is 0 Å². The van der Waals surface area contributed by atoms with E-state index in [1.807, 2.05) is 53.8 Å². The SMILES string of the molecule is CCOC(=O)C(NCC(C)(C(=O)N1CCCC1)c1ccc2c(c1)nc(CNc1ccc(C(=N)N)cc1)n2C)C(C)=O.Cl. The Labute approximate surface area is 252 Å². The molecule has 2 aromatic carbocycles. The number of aryl methyl sites for hydroxylation is 1. The van der Waals surface area contributed by atoms with Crippen molar-refractivity contribution in [3.63, 3.8) is 0 Å². The van der Waals surface area contributed by atoms with Crippen LogP contribution in [0.15, 0.2) is 42.5 Å². The molecule has 12 heteroatoms. The molecule has 2 atom stereocenters. The van der Waals surface area contributed by atoms with E-state index in [1.54, 1.807) is 19.1 Å². The minimum atomic E-state index is -1.15. The minimum absolute atomic E-state index is 0. The van der Waals surface area contributed by atoms with Crippen molar-refractivity contribution in [3.8, 4) is 0 Å². The number of amides is 1. The molecule has 0 spiro atoms. The first kappa shape index (κ1) is 32.6. The van der Waals surface area contributed by atoms with Crippen LogP contribution < -0.4 is 16.4 Å². The maximum absolute atomic E-state index is 13.9. The summed E-state index contributed by atoms with van der Waals surface area (Å²) in [4.78, 5) is 45.3. The van der Waals surface area contributed by atoms with Crippen molar-refractivity contribution in [2.24, 2.45) is 12.8 Å². The molecule has 226 valence electrons. The van der Waals surface area contributed by atoms with Crippen LogP contribution in [0.4, 0.5) is 5.69 Å². The third kappa shape index (κ3) is 6.91. The number of halogens is 1. The summed E-state index contributed by atoms with van der Waals surface area (Å²) < 4.78 is 7.09. The number of Topliss-reactive ketones (excluding diaryl/α,β-unsaturated/α-hetero) is 1. The van der Waals surface area contributed by atoms with Gasteiger partial charge in [-0.15, -0.1) is 12.4 Å². The van der Waals surface area contributed by atoms with E-state index in [2.05, 4.69) is 10.6 Å².